The second-order valence-corrected chi connectivity index (χ2v) is 2.25. The molecule has 2 N–H and O–H groups in total. The molecule has 0 aliphatic rings. The molecule has 1 unspecified atom stereocenters. The normalized spacial score (nSPS) is 9.12. The summed E-state index contributed by atoms with van der Waals surface area (Å²) in [5, 5.41) is 1.06. The first-order valence-corrected chi connectivity index (χ1v) is 2.98. The van der Waals surface area contributed by atoms with E-state index in [-0.39, 0.29) is 0 Å². The Morgan fingerprint density at radius 2 is 1.88 bits per heavy atom. The quantitative estimate of drug-likeness (QED) is 0.402. The maximum atomic E-state index is 5.50. The van der Waals surface area contributed by atoms with Gasteiger partial charge < -0.3 is 5.73 Å². The predicted octanol–water partition coefficient (Wildman–Crippen LogP) is 0.769. The Bertz CT molecular complexity index is 165. The van der Waals surface area contributed by atoms with Gasteiger partial charge in [-0.25, -0.2) is 0 Å². The third-order valence-corrected chi connectivity index (χ3v) is 1.52. The van der Waals surface area contributed by atoms with Crippen molar-refractivity contribution in [3.05, 3.63) is 24.3 Å². The Kier molecular flexibility index (Phi) is 1.50. The van der Waals surface area contributed by atoms with Gasteiger partial charge in [0.1, 0.15) is 0 Å². The van der Waals surface area contributed by atoms with Gasteiger partial charge in [-0.1, -0.05) is 18.2 Å². The number of nitrogen functional groups attached to an aromatic ring is 1. The molecular weight excluding hydrogens is 117 g/mol. The van der Waals surface area contributed by atoms with Gasteiger partial charge in [0.05, 0.1) is 0 Å². The SMILES string of the molecule is Nc1ccccc1P. The van der Waals surface area contributed by atoms with Crippen LogP contribution in [0, 0.1) is 0 Å². The molecule has 0 heterocycles. The summed E-state index contributed by atoms with van der Waals surface area (Å²) >= 11 is 0. The first-order valence-electron chi connectivity index (χ1n) is 2.40. The maximum absolute atomic E-state index is 5.50. The van der Waals surface area contributed by atoms with Crippen LogP contribution in [0.15, 0.2) is 24.3 Å². The van der Waals surface area contributed by atoms with Gasteiger partial charge in [-0.2, -0.15) is 0 Å². The van der Waals surface area contributed by atoms with Crippen LogP contribution in [0.1, 0.15) is 0 Å². The predicted molar refractivity (Wildman–Crippen MR) is 40.2 cm³/mol. The summed E-state index contributed by atoms with van der Waals surface area (Å²) in [6.45, 7) is 0. The average molecular weight is 125 g/mol. The molecule has 1 aromatic carbocycles. The number of rotatable bonds is 0. The molecule has 8 heavy (non-hydrogen) atoms. The minimum absolute atomic E-state index is 0.831. The molecule has 42 valence electrons. The fourth-order valence-corrected chi connectivity index (χ4v) is 0.718. The van der Waals surface area contributed by atoms with Crippen molar-refractivity contribution in [3.63, 3.8) is 0 Å². The molecule has 0 bridgehead atoms. The van der Waals surface area contributed by atoms with Gasteiger partial charge in [-0.3, -0.25) is 0 Å². The largest absolute Gasteiger partial charge is 0.398 e. The summed E-state index contributed by atoms with van der Waals surface area (Å²) in [6.07, 6.45) is 0. The fraction of sp³-hybridized carbons (Fsp3) is 0. The number of anilines is 1. The Balaban J connectivity index is 3.13. The van der Waals surface area contributed by atoms with Crippen LogP contribution >= 0.6 is 9.24 Å². The van der Waals surface area contributed by atoms with E-state index in [9.17, 15) is 0 Å². The van der Waals surface area contributed by atoms with Gasteiger partial charge in [0, 0.05) is 5.69 Å². The van der Waals surface area contributed by atoms with Crippen LogP contribution in [0.3, 0.4) is 0 Å². The highest BCUT2D eigenvalue weighted by Crippen LogP contribution is 1.99. The highest BCUT2D eigenvalue weighted by molar-refractivity contribution is 7.28. The summed E-state index contributed by atoms with van der Waals surface area (Å²) < 4.78 is 0. The topological polar surface area (TPSA) is 26.0 Å². The standard InChI is InChI=1S/C6H8NP/c7-5-3-1-2-4-6(5)8/h1-4H,7-8H2. The van der Waals surface area contributed by atoms with Gasteiger partial charge in [-0.05, 0) is 11.4 Å². The van der Waals surface area contributed by atoms with E-state index in [1.807, 2.05) is 24.3 Å². The number of para-hydroxylation sites is 1. The molecule has 0 aliphatic heterocycles. The van der Waals surface area contributed by atoms with E-state index in [4.69, 9.17) is 5.73 Å². The molecule has 1 aromatic rings. The minimum Gasteiger partial charge on any atom is -0.398 e. The van der Waals surface area contributed by atoms with Gasteiger partial charge in [0.25, 0.3) is 0 Å². The molecule has 1 rings (SSSR count). The van der Waals surface area contributed by atoms with E-state index >= 15 is 0 Å². The second kappa shape index (κ2) is 2.15. The van der Waals surface area contributed by atoms with Crippen molar-refractivity contribution in [3.8, 4) is 0 Å². The van der Waals surface area contributed by atoms with E-state index in [0.29, 0.717) is 0 Å². The fourth-order valence-electron chi connectivity index (χ4n) is 0.511. The molecule has 0 spiro atoms. The minimum atomic E-state index is 0.831. The molecule has 0 saturated heterocycles. The molecule has 2 heteroatoms. The summed E-state index contributed by atoms with van der Waals surface area (Å²) in [5.74, 6) is 0. The average Bonchev–Trinajstić information content (AvgIpc) is 1.77. The highest BCUT2D eigenvalue weighted by Gasteiger charge is 1.84. The van der Waals surface area contributed by atoms with Crippen molar-refractivity contribution in [2.75, 3.05) is 5.73 Å². The lowest BCUT2D eigenvalue weighted by molar-refractivity contribution is 1.75. The number of hydrogen-bond donors (Lipinski definition) is 1. The molecule has 0 amide bonds. The molecule has 0 fully saturated rings. The highest BCUT2D eigenvalue weighted by atomic mass is 31.0. The van der Waals surface area contributed by atoms with Crippen molar-refractivity contribution < 1.29 is 0 Å². The van der Waals surface area contributed by atoms with Crippen LogP contribution in [0.4, 0.5) is 5.69 Å². The molecular formula is C6H8NP. The Morgan fingerprint density at radius 1 is 1.25 bits per heavy atom. The van der Waals surface area contributed by atoms with Crippen LogP contribution in [-0.2, 0) is 0 Å². The first-order chi connectivity index (χ1) is 3.80. The summed E-state index contributed by atoms with van der Waals surface area (Å²) in [7, 11) is 2.56. The van der Waals surface area contributed by atoms with Crippen molar-refractivity contribution in [1.82, 2.24) is 0 Å². The van der Waals surface area contributed by atoms with Gasteiger partial charge >= 0.3 is 0 Å². The molecule has 1 atom stereocenters. The van der Waals surface area contributed by atoms with Crippen LogP contribution in [0.25, 0.3) is 0 Å². The van der Waals surface area contributed by atoms with Crippen LogP contribution in [-0.4, -0.2) is 0 Å². The summed E-state index contributed by atoms with van der Waals surface area (Å²) in [5.41, 5.74) is 6.33. The smallest absolute Gasteiger partial charge is 0.0386 e. The summed E-state index contributed by atoms with van der Waals surface area (Å²) in [6, 6.07) is 7.71. The van der Waals surface area contributed by atoms with Crippen molar-refractivity contribution in [2.45, 2.75) is 0 Å². The van der Waals surface area contributed by atoms with Crippen LogP contribution < -0.4 is 11.0 Å². The van der Waals surface area contributed by atoms with Gasteiger partial charge in [0.2, 0.25) is 0 Å². The van der Waals surface area contributed by atoms with E-state index in [0.717, 1.165) is 11.0 Å². The van der Waals surface area contributed by atoms with Crippen molar-refractivity contribution >= 4 is 20.2 Å². The third-order valence-electron chi connectivity index (χ3n) is 0.996. The number of hydrogen-bond acceptors (Lipinski definition) is 1. The van der Waals surface area contributed by atoms with E-state index < -0.39 is 0 Å². The zero-order valence-corrected chi connectivity index (χ0v) is 5.62. The Hall–Kier alpha value is -0.550. The van der Waals surface area contributed by atoms with E-state index in [1.165, 1.54) is 0 Å². The zero-order valence-electron chi connectivity index (χ0n) is 4.46. The summed E-state index contributed by atoms with van der Waals surface area (Å²) in [4.78, 5) is 0. The monoisotopic (exact) mass is 125 g/mol. The van der Waals surface area contributed by atoms with Crippen LogP contribution in [0.2, 0.25) is 0 Å². The molecule has 0 aromatic heterocycles. The van der Waals surface area contributed by atoms with E-state index in [1.54, 1.807) is 0 Å². The lowest BCUT2D eigenvalue weighted by Gasteiger charge is -1.93. The molecule has 0 saturated carbocycles. The zero-order chi connectivity index (χ0) is 5.98. The molecule has 1 nitrogen and oxygen atoms in total. The van der Waals surface area contributed by atoms with E-state index in [2.05, 4.69) is 9.24 Å². The third kappa shape index (κ3) is 0.988. The molecule has 0 radical (unpaired) electrons. The van der Waals surface area contributed by atoms with Gasteiger partial charge in [-0.15, -0.1) is 9.24 Å². The Labute approximate surface area is 51.1 Å². The lowest BCUT2D eigenvalue weighted by Crippen LogP contribution is -1.98. The van der Waals surface area contributed by atoms with Crippen molar-refractivity contribution in [1.29, 1.82) is 0 Å². The number of nitrogens with two attached hydrogens (primary N) is 1. The van der Waals surface area contributed by atoms with Gasteiger partial charge in [0.15, 0.2) is 0 Å². The van der Waals surface area contributed by atoms with Crippen molar-refractivity contribution in [2.24, 2.45) is 0 Å². The second-order valence-electron chi connectivity index (χ2n) is 1.63. The molecule has 0 aliphatic carbocycles. The maximum Gasteiger partial charge on any atom is 0.0386 e. The Morgan fingerprint density at radius 3 is 2.25 bits per heavy atom. The number of benzene rings is 1. The lowest BCUT2D eigenvalue weighted by atomic mass is 10.3. The first kappa shape index (κ1) is 5.58. The van der Waals surface area contributed by atoms with Crippen LogP contribution in [0.5, 0.6) is 0 Å².